The van der Waals surface area contributed by atoms with Crippen molar-refractivity contribution in [1.82, 2.24) is 0 Å². The second kappa shape index (κ2) is 5.85. The highest BCUT2D eigenvalue weighted by Gasteiger charge is 2.23. The summed E-state index contributed by atoms with van der Waals surface area (Å²) in [6.45, 7) is 0. The highest BCUT2D eigenvalue weighted by molar-refractivity contribution is 9.10. The van der Waals surface area contributed by atoms with Gasteiger partial charge < -0.3 is 4.42 Å². The summed E-state index contributed by atoms with van der Waals surface area (Å²) in [6, 6.07) is 9.53. The molecule has 0 aliphatic rings. The summed E-state index contributed by atoms with van der Waals surface area (Å²) in [5.74, 6) is 0. The topological polar surface area (TPSA) is 116 Å². The number of halogens is 1. The molecule has 0 spiro atoms. The average molecular weight is 391 g/mol. The van der Waals surface area contributed by atoms with Crippen molar-refractivity contribution in [3.8, 4) is 11.1 Å². The molecule has 3 rings (SSSR count). The molecule has 3 aromatic rings. The zero-order valence-corrected chi connectivity index (χ0v) is 13.3. The summed E-state index contributed by atoms with van der Waals surface area (Å²) >= 11 is 3.29. The Bertz CT molecular complexity index is 1060. The SMILES string of the molecule is O=c1oc2ccc(Br)cc2cc1-c1ccc([N+](=O)[O-])cc1[N+](=O)[O-]. The Hall–Kier alpha value is -3.07. The van der Waals surface area contributed by atoms with E-state index in [4.69, 9.17) is 4.42 Å². The number of non-ortho nitro benzene ring substituents is 1. The smallest absolute Gasteiger partial charge is 0.344 e. The van der Waals surface area contributed by atoms with Gasteiger partial charge in [0.05, 0.1) is 27.0 Å². The van der Waals surface area contributed by atoms with Gasteiger partial charge in [0, 0.05) is 15.9 Å². The number of nitrogens with zero attached hydrogens (tertiary/aromatic N) is 2. The van der Waals surface area contributed by atoms with Gasteiger partial charge in [0.25, 0.3) is 11.4 Å². The van der Waals surface area contributed by atoms with E-state index in [1.165, 1.54) is 12.1 Å². The van der Waals surface area contributed by atoms with Gasteiger partial charge in [0.2, 0.25) is 0 Å². The fourth-order valence-electron chi connectivity index (χ4n) is 2.29. The van der Waals surface area contributed by atoms with E-state index >= 15 is 0 Å². The molecule has 24 heavy (non-hydrogen) atoms. The molecule has 0 radical (unpaired) electrons. The van der Waals surface area contributed by atoms with Crippen molar-refractivity contribution in [3.63, 3.8) is 0 Å². The third-order valence-corrected chi connectivity index (χ3v) is 3.87. The predicted molar refractivity (Wildman–Crippen MR) is 88.9 cm³/mol. The van der Waals surface area contributed by atoms with Crippen molar-refractivity contribution >= 4 is 38.3 Å². The summed E-state index contributed by atoms with van der Waals surface area (Å²) in [6.07, 6.45) is 0. The lowest BCUT2D eigenvalue weighted by molar-refractivity contribution is -0.393. The Morgan fingerprint density at radius 2 is 1.67 bits per heavy atom. The fraction of sp³-hybridized carbons (Fsp3) is 0. The first-order valence-corrected chi connectivity index (χ1v) is 7.33. The largest absolute Gasteiger partial charge is 0.422 e. The maximum Gasteiger partial charge on any atom is 0.344 e. The van der Waals surface area contributed by atoms with Crippen LogP contribution in [0.1, 0.15) is 0 Å². The molecular formula is C15H7BrN2O6. The predicted octanol–water partition coefficient (Wildman–Crippen LogP) is 4.04. The first-order valence-electron chi connectivity index (χ1n) is 6.53. The van der Waals surface area contributed by atoms with Crippen molar-refractivity contribution in [3.05, 3.63) is 77.6 Å². The van der Waals surface area contributed by atoms with Gasteiger partial charge in [-0.1, -0.05) is 15.9 Å². The van der Waals surface area contributed by atoms with Crippen LogP contribution in [0, 0.1) is 20.2 Å². The number of fused-ring (bicyclic) bond motifs is 1. The molecule has 1 aromatic heterocycles. The lowest BCUT2D eigenvalue weighted by Gasteiger charge is -2.04. The number of hydrogen-bond donors (Lipinski definition) is 0. The quantitative estimate of drug-likeness (QED) is 0.378. The standard InChI is InChI=1S/C15H7BrN2O6/c16-9-1-4-14-8(5-9)6-12(15(19)24-14)11-3-2-10(17(20)21)7-13(11)18(22)23/h1-7H. The van der Waals surface area contributed by atoms with Crippen LogP contribution in [0.2, 0.25) is 0 Å². The van der Waals surface area contributed by atoms with Crippen molar-refractivity contribution < 1.29 is 14.3 Å². The van der Waals surface area contributed by atoms with Gasteiger partial charge in [-0.05, 0) is 30.3 Å². The molecule has 0 saturated heterocycles. The Morgan fingerprint density at radius 3 is 2.33 bits per heavy atom. The first kappa shape index (κ1) is 15.8. The van der Waals surface area contributed by atoms with E-state index in [2.05, 4.69) is 15.9 Å². The van der Waals surface area contributed by atoms with E-state index < -0.39 is 26.8 Å². The zero-order chi connectivity index (χ0) is 17.4. The van der Waals surface area contributed by atoms with Gasteiger partial charge in [-0.2, -0.15) is 0 Å². The second-order valence-electron chi connectivity index (χ2n) is 4.85. The van der Waals surface area contributed by atoms with Crippen molar-refractivity contribution in [2.75, 3.05) is 0 Å². The summed E-state index contributed by atoms with van der Waals surface area (Å²) in [5, 5.41) is 22.6. The lowest BCUT2D eigenvalue weighted by Crippen LogP contribution is -2.05. The van der Waals surface area contributed by atoms with Gasteiger partial charge >= 0.3 is 5.63 Å². The van der Waals surface area contributed by atoms with E-state index in [1.54, 1.807) is 18.2 Å². The summed E-state index contributed by atoms with van der Waals surface area (Å²) in [4.78, 5) is 32.7. The molecule has 0 aliphatic heterocycles. The van der Waals surface area contributed by atoms with E-state index in [0.29, 0.717) is 11.0 Å². The molecule has 0 unspecified atom stereocenters. The van der Waals surface area contributed by atoms with Crippen LogP contribution in [-0.2, 0) is 0 Å². The van der Waals surface area contributed by atoms with E-state index in [1.807, 2.05) is 0 Å². The Morgan fingerprint density at radius 1 is 0.917 bits per heavy atom. The van der Waals surface area contributed by atoms with Crippen LogP contribution in [0.15, 0.2) is 56.1 Å². The molecule has 2 aromatic carbocycles. The first-order chi connectivity index (χ1) is 11.4. The number of benzene rings is 2. The fourth-order valence-corrected chi connectivity index (χ4v) is 2.67. The van der Waals surface area contributed by atoms with Crippen molar-refractivity contribution in [2.24, 2.45) is 0 Å². The van der Waals surface area contributed by atoms with Gasteiger partial charge in [-0.25, -0.2) is 4.79 Å². The van der Waals surface area contributed by atoms with Gasteiger partial charge in [0.1, 0.15) is 5.58 Å². The molecule has 0 saturated carbocycles. The van der Waals surface area contributed by atoms with Crippen molar-refractivity contribution in [1.29, 1.82) is 0 Å². The summed E-state index contributed by atoms with van der Waals surface area (Å²) in [7, 11) is 0. The molecule has 0 amide bonds. The molecule has 0 fully saturated rings. The molecule has 0 aliphatic carbocycles. The molecule has 0 atom stereocenters. The van der Waals surface area contributed by atoms with Crippen LogP contribution in [0.25, 0.3) is 22.1 Å². The lowest BCUT2D eigenvalue weighted by atomic mass is 10.0. The minimum absolute atomic E-state index is 0.0396. The van der Waals surface area contributed by atoms with Crippen LogP contribution in [0.5, 0.6) is 0 Å². The van der Waals surface area contributed by atoms with E-state index in [9.17, 15) is 25.0 Å². The Labute approximate surface area is 141 Å². The molecule has 1 heterocycles. The van der Waals surface area contributed by atoms with Crippen LogP contribution < -0.4 is 5.63 Å². The minimum atomic E-state index is -0.771. The average Bonchev–Trinajstić information content (AvgIpc) is 2.54. The molecule has 0 N–H and O–H groups in total. The Kier molecular flexibility index (Phi) is 3.86. The summed E-state index contributed by atoms with van der Waals surface area (Å²) < 4.78 is 5.93. The van der Waals surface area contributed by atoms with Crippen LogP contribution in [0.3, 0.4) is 0 Å². The van der Waals surface area contributed by atoms with E-state index in [0.717, 1.165) is 16.6 Å². The van der Waals surface area contributed by atoms with E-state index in [-0.39, 0.29) is 11.1 Å². The van der Waals surface area contributed by atoms with Crippen LogP contribution in [0.4, 0.5) is 11.4 Å². The third kappa shape index (κ3) is 2.76. The second-order valence-corrected chi connectivity index (χ2v) is 5.76. The minimum Gasteiger partial charge on any atom is -0.422 e. The van der Waals surface area contributed by atoms with Crippen LogP contribution in [-0.4, -0.2) is 9.85 Å². The molecule has 8 nitrogen and oxygen atoms in total. The zero-order valence-electron chi connectivity index (χ0n) is 11.8. The molecule has 9 heteroatoms. The number of hydrogen-bond acceptors (Lipinski definition) is 6. The highest BCUT2D eigenvalue weighted by atomic mass is 79.9. The molecule has 0 bridgehead atoms. The Balaban J connectivity index is 2.30. The van der Waals surface area contributed by atoms with Crippen LogP contribution >= 0.6 is 15.9 Å². The van der Waals surface area contributed by atoms with Gasteiger partial charge in [0.15, 0.2) is 0 Å². The molecule has 120 valence electrons. The maximum absolute atomic E-state index is 12.2. The highest BCUT2D eigenvalue weighted by Crippen LogP contribution is 2.33. The number of rotatable bonds is 3. The third-order valence-electron chi connectivity index (χ3n) is 3.37. The van der Waals surface area contributed by atoms with Gasteiger partial charge in [-0.15, -0.1) is 0 Å². The maximum atomic E-state index is 12.2. The number of nitro benzene ring substituents is 2. The summed E-state index contributed by atoms with van der Waals surface area (Å²) in [5.41, 5.74) is -1.48. The normalized spacial score (nSPS) is 10.7. The monoisotopic (exact) mass is 390 g/mol. The number of nitro groups is 2. The molecular weight excluding hydrogens is 384 g/mol. The van der Waals surface area contributed by atoms with Crippen molar-refractivity contribution in [2.45, 2.75) is 0 Å². The van der Waals surface area contributed by atoms with Gasteiger partial charge in [-0.3, -0.25) is 20.2 Å².